The van der Waals surface area contributed by atoms with Gasteiger partial charge in [-0.05, 0) is 12.1 Å². The summed E-state index contributed by atoms with van der Waals surface area (Å²) in [5, 5.41) is 0. The monoisotopic (exact) mass is 311 g/mol. The molecule has 0 fully saturated rings. The number of ether oxygens (including phenoxy) is 1. The first kappa shape index (κ1) is 14.0. The summed E-state index contributed by atoms with van der Waals surface area (Å²) in [6.45, 7) is -0.385. The Morgan fingerprint density at radius 3 is 2.47 bits per heavy atom. The molecule has 0 aliphatic carbocycles. The van der Waals surface area contributed by atoms with E-state index in [1.807, 2.05) is 0 Å². The molecular weight excluding hydrogens is 303 g/mol. The second kappa shape index (κ2) is 5.05. The molecule has 7 heteroatoms. The maximum Gasteiger partial charge on any atom is 0.420 e. The molecule has 1 aromatic rings. The Kier molecular flexibility index (Phi) is 4.16. The van der Waals surface area contributed by atoms with Crippen LogP contribution in [0.15, 0.2) is 16.6 Å². The fourth-order valence-electron chi connectivity index (χ4n) is 1.34. The highest BCUT2D eigenvalue weighted by Crippen LogP contribution is 2.40. The van der Waals surface area contributed by atoms with Crippen LogP contribution in [0.3, 0.4) is 0 Å². The van der Waals surface area contributed by atoms with Gasteiger partial charge in [-0.15, -0.1) is 0 Å². The third-order valence-corrected chi connectivity index (χ3v) is 2.51. The largest absolute Gasteiger partial charge is 0.495 e. The minimum Gasteiger partial charge on any atom is -0.495 e. The van der Waals surface area contributed by atoms with Gasteiger partial charge in [-0.25, -0.2) is 0 Å². The summed E-state index contributed by atoms with van der Waals surface area (Å²) in [5.41, 5.74) is 3.94. The standard InChI is InChI=1S/C10H9BrF3NO2/c1-17-9-6(8(16)4-15)2-5(11)3-7(9)10(12,13)14/h2-3H,4,15H2,1H3. The van der Waals surface area contributed by atoms with Gasteiger partial charge in [0, 0.05) is 4.47 Å². The first-order valence-corrected chi connectivity index (χ1v) is 5.28. The van der Waals surface area contributed by atoms with E-state index in [1.54, 1.807) is 0 Å². The molecule has 0 aliphatic heterocycles. The number of benzene rings is 1. The number of nitrogens with two attached hydrogens (primary N) is 1. The molecule has 3 nitrogen and oxygen atoms in total. The minimum atomic E-state index is -4.60. The van der Waals surface area contributed by atoms with Crippen LogP contribution in [0.5, 0.6) is 5.75 Å². The molecule has 0 aliphatic rings. The Balaban J connectivity index is 3.52. The predicted molar refractivity (Wildman–Crippen MR) is 59.1 cm³/mol. The van der Waals surface area contributed by atoms with Gasteiger partial charge in [0.05, 0.1) is 24.8 Å². The number of carbonyl (C=O) groups excluding carboxylic acids is 1. The van der Waals surface area contributed by atoms with Gasteiger partial charge < -0.3 is 10.5 Å². The molecule has 0 unspecified atom stereocenters. The molecule has 0 aromatic heterocycles. The van der Waals surface area contributed by atoms with Crippen LogP contribution >= 0.6 is 15.9 Å². The van der Waals surface area contributed by atoms with E-state index in [2.05, 4.69) is 20.7 Å². The summed E-state index contributed by atoms with van der Waals surface area (Å²) < 4.78 is 43.0. The number of hydrogen-bond acceptors (Lipinski definition) is 3. The Bertz CT molecular complexity index is 446. The first-order chi connectivity index (χ1) is 7.81. The molecule has 17 heavy (non-hydrogen) atoms. The second-order valence-electron chi connectivity index (χ2n) is 3.16. The van der Waals surface area contributed by atoms with Crippen molar-refractivity contribution < 1.29 is 22.7 Å². The fourth-order valence-corrected chi connectivity index (χ4v) is 1.80. The molecule has 1 rings (SSSR count). The molecule has 94 valence electrons. The minimum absolute atomic E-state index is 0.141. The van der Waals surface area contributed by atoms with Crippen molar-refractivity contribution in [1.29, 1.82) is 0 Å². The molecule has 0 atom stereocenters. The van der Waals surface area contributed by atoms with E-state index in [0.29, 0.717) is 0 Å². The number of hydrogen-bond donors (Lipinski definition) is 1. The Morgan fingerprint density at radius 2 is 2.06 bits per heavy atom. The summed E-state index contributed by atoms with van der Waals surface area (Å²) in [6, 6.07) is 2.11. The van der Waals surface area contributed by atoms with E-state index in [1.165, 1.54) is 6.07 Å². The van der Waals surface area contributed by atoms with Crippen molar-refractivity contribution in [3.63, 3.8) is 0 Å². The smallest absolute Gasteiger partial charge is 0.420 e. The molecule has 0 radical (unpaired) electrons. The molecule has 1 aromatic carbocycles. The fraction of sp³-hybridized carbons (Fsp3) is 0.300. The zero-order valence-corrected chi connectivity index (χ0v) is 10.4. The van der Waals surface area contributed by atoms with Crippen molar-refractivity contribution in [2.24, 2.45) is 5.73 Å². The van der Waals surface area contributed by atoms with E-state index in [-0.39, 0.29) is 16.6 Å². The van der Waals surface area contributed by atoms with Gasteiger partial charge in [-0.2, -0.15) is 13.2 Å². The Hall–Kier alpha value is -1.08. The summed E-state index contributed by atoms with van der Waals surface area (Å²) in [4.78, 5) is 11.4. The SMILES string of the molecule is COc1c(C(=O)CN)cc(Br)cc1C(F)(F)F. The Labute approximate surface area is 104 Å². The molecule has 0 amide bonds. The van der Waals surface area contributed by atoms with Crippen molar-refractivity contribution in [1.82, 2.24) is 0 Å². The molecule has 0 saturated carbocycles. The quantitative estimate of drug-likeness (QED) is 0.873. The highest BCUT2D eigenvalue weighted by atomic mass is 79.9. The molecule has 0 bridgehead atoms. The van der Waals surface area contributed by atoms with Gasteiger partial charge in [0.15, 0.2) is 5.78 Å². The number of rotatable bonds is 3. The van der Waals surface area contributed by atoms with Gasteiger partial charge in [-0.3, -0.25) is 4.79 Å². The van der Waals surface area contributed by atoms with Crippen molar-refractivity contribution >= 4 is 21.7 Å². The highest BCUT2D eigenvalue weighted by molar-refractivity contribution is 9.10. The summed E-state index contributed by atoms with van der Waals surface area (Å²) in [6.07, 6.45) is -4.60. The maximum atomic E-state index is 12.7. The van der Waals surface area contributed by atoms with Crippen molar-refractivity contribution in [3.05, 3.63) is 27.7 Å². The zero-order valence-electron chi connectivity index (χ0n) is 8.77. The average molecular weight is 312 g/mol. The number of Topliss-reactive ketones (excluding diaryl/α,β-unsaturated/α-hetero) is 1. The van der Waals surface area contributed by atoms with Crippen LogP contribution < -0.4 is 10.5 Å². The summed E-state index contributed by atoms with van der Waals surface area (Å²) in [7, 11) is 1.08. The zero-order chi connectivity index (χ0) is 13.2. The molecule has 0 heterocycles. The molecule has 0 saturated heterocycles. The lowest BCUT2D eigenvalue weighted by Gasteiger charge is -2.15. The number of alkyl halides is 3. The van der Waals surface area contributed by atoms with Crippen LogP contribution in [0, 0.1) is 0 Å². The van der Waals surface area contributed by atoms with Gasteiger partial charge in [-0.1, -0.05) is 15.9 Å². The van der Waals surface area contributed by atoms with Gasteiger partial charge in [0.1, 0.15) is 5.75 Å². The topological polar surface area (TPSA) is 52.3 Å². The van der Waals surface area contributed by atoms with Crippen LogP contribution in [0.4, 0.5) is 13.2 Å². The van der Waals surface area contributed by atoms with Crippen LogP contribution in [-0.4, -0.2) is 19.4 Å². The van der Waals surface area contributed by atoms with Crippen LogP contribution in [0.25, 0.3) is 0 Å². The van der Waals surface area contributed by atoms with Gasteiger partial charge in [0.25, 0.3) is 0 Å². The van der Waals surface area contributed by atoms with Gasteiger partial charge >= 0.3 is 6.18 Å². The van der Waals surface area contributed by atoms with Crippen LogP contribution in [0.2, 0.25) is 0 Å². The van der Waals surface area contributed by atoms with Crippen molar-refractivity contribution in [3.8, 4) is 5.75 Å². The number of methoxy groups -OCH3 is 1. The van der Waals surface area contributed by atoms with E-state index in [4.69, 9.17) is 5.73 Å². The number of halogens is 4. The van der Waals surface area contributed by atoms with Crippen molar-refractivity contribution in [2.45, 2.75) is 6.18 Å². The summed E-state index contributed by atoms with van der Waals surface area (Å²) >= 11 is 2.92. The summed E-state index contributed by atoms with van der Waals surface area (Å²) in [5.74, 6) is -1.12. The third kappa shape index (κ3) is 2.98. The second-order valence-corrected chi connectivity index (χ2v) is 4.07. The van der Waals surface area contributed by atoms with Crippen molar-refractivity contribution in [2.75, 3.05) is 13.7 Å². The Morgan fingerprint density at radius 1 is 1.47 bits per heavy atom. The maximum absolute atomic E-state index is 12.7. The van der Waals surface area contributed by atoms with E-state index in [9.17, 15) is 18.0 Å². The third-order valence-electron chi connectivity index (χ3n) is 2.05. The van der Waals surface area contributed by atoms with E-state index in [0.717, 1.165) is 13.2 Å². The lowest BCUT2D eigenvalue weighted by molar-refractivity contribution is -0.138. The number of carbonyl (C=O) groups is 1. The predicted octanol–water partition coefficient (Wildman–Crippen LogP) is 2.62. The molecule has 0 spiro atoms. The van der Waals surface area contributed by atoms with Crippen LogP contribution in [-0.2, 0) is 6.18 Å². The van der Waals surface area contributed by atoms with Crippen LogP contribution in [0.1, 0.15) is 15.9 Å². The molecular formula is C10H9BrF3NO2. The molecule has 2 N–H and O–H groups in total. The lowest BCUT2D eigenvalue weighted by atomic mass is 10.0. The van der Waals surface area contributed by atoms with E-state index < -0.39 is 23.3 Å². The highest BCUT2D eigenvalue weighted by Gasteiger charge is 2.36. The average Bonchev–Trinajstić information content (AvgIpc) is 2.25. The lowest BCUT2D eigenvalue weighted by Crippen LogP contribution is -2.17. The number of ketones is 1. The normalized spacial score (nSPS) is 11.4. The van der Waals surface area contributed by atoms with Gasteiger partial charge in [0.2, 0.25) is 0 Å². The first-order valence-electron chi connectivity index (χ1n) is 4.49. The van der Waals surface area contributed by atoms with E-state index >= 15 is 0 Å².